The summed E-state index contributed by atoms with van der Waals surface area (Å²) in [6.45, 7) is 8.08. The standard InChI is InChI=1S/C24H37N5O/c1-17-5-3-6-19(11-17)12-18(2)14-26-24(30)22-7-4-9-29-23(22)13-21(27-29)16-28-10-8-20(25)15-28/h4,7,9,13,17-20H,3,5-6,8,10-12,14-16,25H2,1-2H3,(H,26,30)/t17?,18?,19?,20-/m1/s1. The fraction of sp³-hybridized carbons (Fsp3) is 0.667. The van der Waals surface area contributed by atoms with Crippen molar-refractivity contribution in [1.29, 1.82) is 0 Å². The van der Waals surface area contributed by atoms with Crippen molar-refractivity contribution in [3.63, 3.8) is 0 Å². The van der Waals surface area contributed by atoms with E-state index >= 15 is 0 Å². The number of likely N-dealkylation sites (tertiary alicyclic amines) is 1. The molecule has 1 amide bonds. The predicted molar refractivity (Wildman–Crippen MR) is 120 cm³/mol. The van der Waals surface area contributed by atoms with Crippen molar-refractivity contribution in [2.45, 2.75) is 65.0 Å². The number of carbonyl (C=O) groups excluding carboxylic acids is 1. The van der Waals surface area contributed by atoms with E-state index in [-0.39, 0.29) is 11.9 Å². The molecule has 0 spiro atoms. The Kier molecular flexibility index (Phi) is 6.74. The van der Waals surface area contributed by atoms with E-state index in [0.29, 0.717) is 11.5 Å². The molecule has 6 heteroatoms. The number of nitrogens with zero attached hydrogens (tertiary/aromatic N) is 3. The smallest absolute Gasteiger partial charge is 0.253 e. The minimum absolute atomic E-state index is 0.000827. The molecule has 6 nitrogen and oxygen atoms in total. The highest BCUT2D eigenvalue weighted by Gasteiger charge is 2.22. The van der Waals surface area contributed by atoms with Crippen LogP contribution < -0.4 is 11.1 Å². The van der Waals surface area contributed by atoms with Gasteiger partial charge < -0.3 is 11.1 Å². The number of pyridine rings is 1. The number of nitrogens with two attached hydrogens (primary N) is 1. The Morgan fingerprint density at radius 3 is 3.00 bits per heavy atom. The van der Waals surface area contributed by atoms with Gasteiger partial charge in [0, 0.05) is 38.4 Å². The van der Waals surface area contributed by atoms with Crippen molar-refractivity contribution < 1.29 is 4.79 Å². The summed E-state index contributed by atoms with van der Waals surface area (Å²) in [4.78, 5) is 15.3. The van der Waals surface area contributed by atoms with Gasteiger partial charge in [0.15, 0.2) is 0 Å². The van der Waals surface area contributed by atoms with Crippen LogP contribution in [-0.4, -0.2) is 46.1 Å². The largest absolute Gasteiger partial charge is 0.352 e. The molecule has 4 rings (SSSR count). The molecule has 3 unspecified atom stereocenters. The van der Waals surface area contributed by atoms with Gasteiger partial charge in [-0.15, -0.1) is 0 Å². The van der Waals surface area contributed by atoms with Gasteiger partial charge in [0.05, 0.1) is 16.8 Å². The van der Waals surface area contributed by atoms with Gasteiger partial charge in [0.1, 0.15) is 0 Å². The molecule has 1 aliphatic carbocycles. The molecular formula is C24H37N5O. The molecule has 164 valence electrons. The topological polar surface area (TPSA) is 75.7 Å². The SMILES string of the molecule is CC1CCCC(CC(C)CNC(=O)c2cccn3nc(CN4CC[C@@H](N)C4)cc23)C1. The number of hydrogen-bond acceptors (Lipinski definition) is 4. The number of nitrogens with one attached hydrogen (secondary N) is 1. The first-order chi connectivity index (χ1) is 14.5. The normalized spacial score (nSPS) is 26.2. The number of hydrogen-bond donors (Lipinski definition) is 2. The first-order valence-electron chi connectivity index (χ1n) is 11.7. The zero-order chi connectivity index (χ0) is 21.1. The predicted octanol–water partition coefficient (Wildman–Crippen LogP) is 3.45. The third-order valence-corrected chi connectivity index (χ3v) is 6.88. The van der Waals surface area contributed by atoms with E-state index in [2.05, 4.69) is 29.2 Å². The maximum atomic E-state index is 12.9. The molecule has 4 atom stereocenters. The third kappa shape index (κ3) is 5.22. The highest BCUT2D eigenvalue weighted by molar-refractivity contribution is 6.00. The monoisotopic (exact) mass is 411 g/mol. The molecule has 2 aromatic heterocycles. The summed E-state index contributed by atoms with van der Waals surface area (Å²) in [6.07, 6.45) is 9.60. The lowest BCUT2D eigenvalue weighted by molar-refractivity contribution is 0.0946. The summed E-state index contributed by atoms with van der Waals surface area (Å²) in [7, 11) is 0. The molecule has 1 aliphatic heterocycles. The lowest BCUT2D eigenvalue weighted by atomic mass is 9.78. The Bertz CT molecular complexity index is 862. The molecule has 2 aliphatic rings. The zero-order valence-corrected chi connectivity index (χ0v) is 18.5. The van der Waals surface area contributed by atoms with Crippen LogP contribution in [0.5, 0.6) is 0 Å². The fourth-order valence-corrected chi connectivity index (χ4v) is 5.36. The number of fused-ring (bicyclic) bond motifs is 1. The number of aromatic nitrogens is 2. The van der Waals surface area contributed by atoms with E-state index in [1.54, 1.807) is 0 Å². The van der Waals surface area contributed by atoms with Crippen molar-refractivity contribution >= 4 is 11.4 Å². The van der Waals surface area contributed by atoms with Gasteiger partial charge in [-0.25, -0.2) is 4.52 Å². The first kappa shape index (κ1) is 21.3. The summed E-state index contributed by atoms with van der Waals surface area (Å²) >= 11 is 0. The molecule has 0 radical (unpaired) electrons. The minimum atomic E-state index is -0.000827. The van der Waals surface area contributed by atoms with Crippen molar-refractivity contribution in [2.24, 2.45) is 23.5 Å². The third-order valence-electron chi connectivity index (χ3n) is 6.88. The van der Waals surface area contributed by atoms with Gasteiger partial charge in [-0.05, 0) is 55.2 Å². The van der Waals surface area contributed by atoms with Crippen molar-refractivity contribution in [3.8, 4) is 0 Å². The van der Waals surface area contributed by atoms with Crippen LogP contribution in [0, 0.1) is 17.8 Å². The van der Waals surface area contributed by atoms with Gasteiger partial charge in [0.2, 0.25) is 0 Å². The first-order valence-corrected chi connectivity index (χ1v) is 11.7. The summed E-state index contributed by atoms with van der Waals surface area (Å²) in [6, 6.07) is 6.11. The second-order valence-corrected chi connectivity index (χ2v) is 9.86. The Hall–Kier alpha value is -1.92. The van der Waals surface area contributed by atoms with Crippen molar-refractivity contribution in [1.82, 2.24) is 19.8 Å². The van der Waals surface area contributed by atoms with E-state index in [1.165, 1.54) is 32.1 Å². The van der Waals surface area contributed by atoms with Crippen LogP contribution in [0.25, 0.3) is 5.52 Å². The Labute approximate surface area is 180 Å². The van der Waals surface area contributed by atoms with Gasteiger partial charge in [-0.2, -0.15) is 5.10 Å². The summed E-state index contributed by atoms with van der Waals surface area (Å²) in [5.74, 6) is 2.18. The van der Waals surface area contributed by atoms with Gasteiger partial charge in [-0.3, -0.25) is 9.69 Å². The summed E-state index contributed by atoms with van der Waals surface area (Å²) < 4.78 is 1.83. The molecule has 2 aromatic rings. The Morgan fingerprint density at radius 1 is 1.37 bits per heavy atom. The molecule has 3 heterocycles. The van der Waals surface area contributed by atoms with Crippen LogP contribution in [0.4, 0.5) is 0 Å². The van der Waals surface area contributed by atoms with Crippen molar-refractivity contribution in [3.05, 3.63) is 35.7 Å². The highest BCUT2D eigenvalue weighted by atomic mass is 16.1. The molecule has 1 saturated heterocycles. The van der Waals surface area contributed by atoms with Crippen LogP contribution >= 0.6 is 0 Å². The highest BCUT2D eigenvalue weighted by Crippen LogP contribution is 2.32. The Morgan fingerprint density at radius 2 is 2.23 bits per heavy atom. The lowest BCUT2D eigenvalue weighted by Gasteiger charge is -2.28. The van der Waals surface area contributed by atoms with E-state index in [9.17, 15) is 4.79 Å². The average molecular weight is 412 g/mol. The summed E-state index contributed by atoms with van der Waals surface area (Å²) in [5.41, 5.74) is 8.59. The number of carbonyl (C=O) groups is 1. The maximum Gasteiger partial charge on any atom is 0.253 e. The van der Waals surface area contributed by atoms with Gasteiger partial charge in [-0.1, -0.05) is 33.1 Å². The molecule has 0 aromatic carbocycles. The molecule has 3 N–H and O–H groups in total. The van der Waals surface area contributed by atoms with E-state index in [4.69, 9.17) is 5.73 Å². The van der Waals surface area contributed by atoms with E-state index < -0.39 is 0 Å². The lowest BCUT2D eigenvalue weighted by Crippen LogP contribution is -2.30. The van der Waals surface area contributed by atoms with Crippen LogP contribution in [-0.2, 0) is 6.54 Å². The zero-order valence-electron chi connectivity index (χ0n) is 18.5. The second kappa shape index (κ2) is 9.48. The van der Waals surface area contributed by atoms with Crippen LogP contribution in [0.3, 0.4) is 0 Å². The van der Waals surface area contributed by atoms with Crippen LogP contribution in [0.15, 0.2) is 24.4 Å². The van der Waals surface area contributed by atoms with Crippen molar-refractivity contribution in [2.75, 3.05) is 19.6 Å². The van der Waals surface area contributed by atoms with Gasteiger partial charge >= 0.3 is 0 Å². The van der Waals surface area contributed by atoms with E-state index in [1.807, 2.05) is 28.9 Å². The summed E-state index contributed by atoms with van der Waals surface area (Å²) in [5, 5.41) is 7.85. The number of rotatable bonds is 7. The molecular weight excluding hydrogens is 374 g/mol. The number of amides is 1. The second-order valence-electron chi connectivity index (χ2n) is 9.86. The average Bonchev–Trinajstić information content (AvgIpc) is 3.31. The Balaban J connectivity index is 1.35. The molecule has 30 heavy (non-hydrogen) atoms. The van der Waals surface area contributed by atoms with Gasteiger partial charge in [0.25, 0.3) is 5.91 Å². The van der Waals surface area contributed by atoms with E-state index in [0.717, 1.165) is 55.6 Å². The quantitative estimate of drug-likeness (QED) is 0.732. The maximum absolute atomic E-state index is 12.9. The van der Waals surface area contributed by atoms with Crippen LogP contribution in [0.1, 0.15) is 68.4 Å². The fourth-order valence-electron chi connectivity index (χ4n) is 5.36. The van der Waals surface area contributed by atoms with Crippen LogP contribution in [0.2, 0.25) is 0 Å². The minimum Gasteiger partial charge on any atom is -0.352 e. The molecule has 0 bridgehead atoms. The molecule has 1 saturated carbocycles. The molecule has 2 fully saturated rings.